The van der Waals surface area contributed by atoms with Crippen molar-refractivity contribution in [1.82, 2.24) is 0 Å². The number of nitrogens with one attached hydrogen (secondary N) is 1. The van der Waals surface area contributed by atoms with Crippen molar-refractivity contribution in [1.29, 1.82) is 0 Å². The largest absolute Gasteiger partial charge is 0.418 e. The van der Waals surface area contributed by atoms with Gasteiger partial charge in [-0.25, -0.2) is 13.6 Å². The molecule has 2 rings (SSSR count). The number of anilines is 1. The highest BCUT2D eigenvalue weighted by Crippen LogP contribution is 2.37. The highest BCUT2D eigenvalue weighted by atomic mass is 32.2. The summed E-state index contributed by atoms with van der Waals surface area (Å²) in [6.07, 6.45) is -1.05. The minimum Gasteiger partial charge on any atom is -0.382 e. The van der Waals surface area contributed by atoms with E-state index in [2.05, 4.69) is 5.32 Å². The van der Waals surface area contributed by atoms with Crippen LogP contribution in [0.3, 0.4) is 0 Å². The van der Waals surface area contributed by atoms with E-state index in [1.165, 1.54) is 0 Å². The van der Waals surface area contributed by atoms with Crippen LogP contribution in [0.1, 0.15) is 31.2 Å². The summed E-state index contributed by atoms with van der Waals surface area (Å²) in [5.41, 5.74) is -1.10. The predicted molar refractivity (Wildman–Crippen MR) is 68.7 cm³/mol. The summed E-state index contributed by atoms with van der Waals surface area (Å²) >= 11 is 0. The summed E-state index contributed by atoms with van der Waals surface area (Å²) in [6, 6.07) is 2.78. The summed E-state index contributed by atoms with van der Waals surface area (Å²) in [6.45, 7) is 0. The van der Waals surface area contributed by atoms with Gasteiger partial charge in [0.15, 0.2) is 0 Å². The summed E-state index contributed by atoms with van der Waals surface area (Å²) in [4.78, 5) is -0.540. The highest BCUT2D eigenvalue weighted by Gasteiger charge is 2.35. The molecular weight excluding hydrogens is 293 g/mol. The van der Waals surface area contributed by atoms with Gasteiger partial charge in [0.25, 0.3) is 0 Å². The van der Waals surface area contributed by atoms with Crippen LogP contribution in [-0.2, 0) is 16.2 Å². The normalized spacial score (nSPS) is 17.4. The number of benzene rings is 1. The van der Waals surface area contributed by atoms with Gasteiger partial charge in [0.2, 0.25) is 10.0 Å². The topological polar surface area (TPSA) is 72.2 Å². The molecule has 0 amide bonds. The molecule has 0 spiro atoms. The molecule has 0 bridgehead atoms. The van der Waals surface area contributed by atoms with Crippen molar-refractivity contribution in [3.8, 4) is 0 Å². The van der Waals surface area contributed by atoms with Crippen molar-refractivity contribution in [2.75, 3.05) is 5.32 Å². The Balaban J connectivity index is 2.40. The molecule has 1 aliphatic carbocycles. The number of sulfonamides is 1. The second kappa shape index (κ2) is 5.25. The molecule has 0 saturated heterocycles. The Morgan fingerprint density at radius 1 is 1.20 bits per heavy atom. The van der Waals surface area contributed by atoms with Crippen LogP contribution in [0.25, 0.3) is 0 Å². The smallest absolute Gasteiger partial charge is 0.382 e. The average Bonchev–Trinajstić information content (AvgIpc) is 2.79. The van der Waals surface area contributed by atoms with Crippen LogP contribution in [0.15, 0.2) is 23.1 Å². The van der Waals surface area contributed by atoms with Crippen molar-refractivity contribution >= 4 is 15.7 Å². The van der Waals surface area contributed by atoms with E-state index in [-0.39, 0.29) is 11.7 Å². The third-order valence-corrected chi connectivity index (χ3v) is 4.25. The van der Waals surface area contributed by atoms with Crippen molar-refractivity contribution < 1.29 is 21.6 Å². The van der Waals surface area contributed by atoms with Crippen LogP contribution >= 0.6 is 0 Å². The molecule has 0 atom stereocenters. The lowest BCUT2D eigenvalue weighted by Gasteiger charge is -2.19. The Morgan fingerprint density at radius 2 is 1.80 bits per heavy atom. The number of halogens is 3. The van der Waals surface area contributed by atoms with Gasteiger partial charge in [0.05, 0.1) is 10.5 Å². The van der Waals surface area contributed by atoms with E-state index < -0.39 is 26.7 Å². The molecule has 4 nitrogen and oxygen atoms in total. The summed E-state index contributed by atoms with van der Waals surface area (Å²) in [5, 5.41) is 7.71. The molecule has 1 saturated carbocycles. The number of hydrogen-bond acceptors (Lipinski definition) is 3. The number of nitrogens with two attached hydrogens (primary N) is 1. The van der Waals surface area contributed by atoms with Gasteiger partial charge in [-0.2, -0.15) is 13.2 Å². The second-order valence-corrected chi connectivity index (χ2v) is 6.44. The Bertz CT molecular complexity index is 593. The van der Waals surface area contributed by atoms with Crippen molar-refractivity contribution in [3.63, 3.8) is 0 Å². The molecule has 3 N–H and O–H groups in total. The van der Waals surface area contributed by atoms with Gasteiger partial charge in [-0.15, -0.1) is 0 Å². The highest BCUT2D eigenvalue weighted by molar-refractivity contribution is 7.89. The molecule has 1 aromatic rings. The number of rotatable bonds is 3. The first-order valence-electron chi connectivity index (χ1n) is 6.18. The monoisotopic (exact) mass is 308 g/mol. The first kappa shape index (κ1) is 15.1. The molecule has 20 heavy (non-hydrogen) atoms. The molecule has 1 aliphatic rings. The predicted octanol–water partition coefficient (Wildman–Crippen LogP) is 2.71. The summed E-state index contributed by atoms with van der Waals surface area (Å²) < 4.78 is 61.4. The standard InChI is InChI=1S/C12H15F3N2O2S/c13-12(14,15)10-7-9(20(16,18)19)5-6-11(10)17-8-3-1-2-4-8/h5-8,17H,1-4H2,(H2,16,18,19). The van der Waals surface area contributed by atoms with Crippen molar-refractivity contribution in [3.05, 3.63) is 23.8 Å². The maximum absolute atomic E-state index is 13.0. The second-order valence-electron chi connectivity index (χ2n) is 4.88. The summed E-state index contributed by atoms with van der Waals surface area (Å²) in [7, 11) is -4.16. The molecule has 8 heteroatoms. The minimum absolute atomic E-state index is 0.00330. The Labute approximate surface area is 115 Å². The zero-order valence-corrected chi connectivity index (χ0v) is 11.4. The Hall–Kier alpha value is -1.28. The van der Waals surface area contributed by atoms with Gasteiger partial charge in [0, 0.05) is 11.7 Å². The molecule has 0 aliphatic heterocycles. The van der Waals surface area contributed by atoms with E-state index in [1.54, 1.807) is 0 Å². The maximum atomic E-state index is 13.0. The van der Waals surface area contributed by atoms with Crippen LogP contribution in [0.2, 0.25) is 0 Å². The average molecular weight is 308 g/mol. The van der Waals surface area contributed by atoms with Crippen molar-refractivity contribution in [2.45, 2.75) is 42.8 Å². The molecule has 0 aromatic heterocycles. The summed E-state index contributed by atoms with van der Waals surface area (Å²) in [5.74, 6) is 0. The molecule has 112 valence electrons. The van der Waals surface area contributed by atoms with Crippen LogP contribution in [0.5, 0.6) is 0 Å². The lowest BCUT2D eigenvalue weighted by Crippen LogP contribution is -2.20. The zero-order chi connectivity index (χ0) is 15.0. The fourth-order valence-electron chi connectivity index (χ4n) is 2.35. The van der Waals surface area contributed by atoms with E-state index in [1.807, 2.05) is 0 Å². The van der Waals surface area contributed by atoms with E-state index >= 15 is 0 Å². The minimum atomic E-state index is -4.64. The van der Waals surface area contributed by atoms with E-state index in [4.69, 9.17) is 5.14 Å². The number of hydrogen-bond donors (Lipinski definition) is 2. The third kappa shape index (κ3) is 3.43. The lowest BCUT2D eigenvalue weighted by atomic mass is 10.1. The first-order valence-corrected chi connectivity index (χ1v) is 7.73. The van der Waals surface area contributed by atoms with Crippen LogP contribution in [0, 0.1) is 0 Å². The van der Waals surface area contributed by atoms with Crippen molar-refractivity contribution in [2.24, 2.45) is 5.14 Å². The van der Waals surface area contributed by atoms with Gasteiger partial charge >= 0.3 is 6.18 Å². The van der Waals surface area contributed by atoms with Gasteiger partial charge in [-0.1, -0.05) is 12.8 Å². The van der Waals surface area contributed by atoms with E-state index in [0.717, 1.165) is 37.8 Å². The zero-order valence-electron chi connectivity index (χ0n) is 10.6. The van der Waals surface area contributed by atoms with Crippen LogP contribution in [-0.4, -0.2) is 14.5 Å². The number of primary sulfonamides is 1. The maximum Gasteiger partial charge on any atom is 0.418 e. The molecule has 0 heterocycles. The van der Waals surface area contributed by atoms with Crippen LogP contribution in [0.4, 0.5) is 18.9 Å². The third-order valence-electron chi connectivity index (χ3n) is 3.34. The molecule has 1 aromatic carbocycles. The van der Waals surface area contributed by atoms with Crippen LogP contribution < -0.4 is 10.5 Å². The Kier molecular flexibility index (Phi) is 3.97. The van der Waals surface area contributed by atoms with Gasteiger partial charge < -0.3 is 5.32 Å². The Morgan fingerprint density at radius 3 is 2.30 bits per heavy atom. The van der Waals surface area contributed by atoms with E-state index in [0.29, 0.717) is 6.07 Å². The molecular formula is C12H15F3N2O2S. The first-order chi connectivity index (χ1) is 9.18. The quantitative estimate of drug-likeness (QED) is 0.902. The SMILES string of the molecule is NS(=O)(=O)c1ccc(NC2CCCC2)c(C(F)(F)F)c1. The van der Waals surface area contributed by atoms with Gasteiger partial charge in [-0.05, 0) is 31.0 Å². The number of alkyl halides is 3. The fraction of sp³-hybridized carbons (Fsp3) is 0.500. The molecule has 0 radical (unpaired) electrons. The van der Waals surface area contributed by atoms with E-state index in [9.17, 15) is 21.6 Å². The lowest BCUT2D eigenvalue weighted by molar-refractivity contribution is -0.137. The van der Waals surface area contributed by atoms with Gasteiger partial charge in [-0.3, -0.25) is 0 Å². The molecule has 0 unspecified atom stereocenters. The fourth-order valence-corrected chi connectivity index (χ4v) is 2.89. The molecule has 1 fully saturated rings. The van der Waals surface area contributed by atoms with Gasteiger partial charge in [0.1, 0.15) is 0 Å².